The molecule has 0 aliphatic heterocycles. The highest BCUT2D eigenvalue weighted by molar-refractivity contribution is 7.98. The first-order chi connectivity index (χ1) is 11.3. The standard InChI is InChI=1S/C16H20N2O3S3/c1-11(2)15(18-24(20,21)14-5-4-10-23-14)16(19)17-12-6-8-13(22-3)9-7-12/h4-11,15,18H,1-3H3,(H,17,19)/t15-/m1/s1. The van der Waals surface area contributed by atoms with Crippen molar-refractivity contribution in [2.24, 2.45) is 5.92 Å². The molecule has 1 atom stereocenters. The Labute approximate surface area is 150 Å². The van der Waals surface area contributed by atoms with Crippen molar-refractivity contribution < 1.29 is 13.2 Å². The van der Waals surface area contributed by atoms with Crippen molar-refractivity contribution in [3.8, 4) is 0 Å². The van der Waals surface area contributed by atoms with Crippen LogP contribution in [0.1, 0.15) is 13.8 Å². The summed E-state index contributed by atoms with van der Waals surface area (Å²) >= 11 is 2.73. The number of carbonyl (C=O) groups is 1. The average Bonchev–Trinajstić information content (AvgIpc) is 3.08. The van der Waals surface area contributed by atoms with Crippen LogP contribution in [0.2, 0.25) is 0 Å². The molecule has 0 bridgehead atoms. The molecule has 2 N–H and O–H groups in total. The van der Waals surface area contributed by atoms with Crippen molar-refractivity contribution in [3.05, 3.63) is 41.8 Å². The first-order valence-corrected chi connectivity index (χ1v) is 10.9. The smallest absolute Gasteiger partial charge is 0.250 e. The molecule has 0 saturated carbocycles. The van der Waals surface area contributed by atoms with E-state index in [1.807, 2.05) is 18.4 Å². The fourth-order valence-corrected chi connectivity index (χ4v) is 4.79. The molecule has 0 saturated heterocycles. The van der Waals surface area contributed by atoms with Gasteiger partial charge in [0.05, 0.1) is 0 Å². The van der Waals surface area contributed by atoms with Gasteiger partial charge in [0.15, 0.2) is 0 Å². The van der Waals surface area contributed by atoms with Crippen molar-refractivity contribution in [3.63, 3.8) is 0 Å². The van der Waals surface area contributed by atoms with Crippen LogP contribution >= 0.6 is 23.1 Å². The quantitative estimate of drug-likeness (QED) is 0.718. The van der Waals surface area contributed by atoms with E-state index in [2.05, 4.69) is 10.0 Å². The highest BCUT2D eigenvalue weighted by Crippen LogP contribution is 2.20. The molecule has 0 aliphatic rings. The maximum Gasteiger partial charge on any atom is 0.250 e. The molecule has 0 radical (unpaired) electrons. The number of thioether (sulfide) groups is 1. The first-order valence-electron chi connectivity index (χ1n) is 7.34. The van der Waals surface area contributed by atoms with Crippen LogP contribution in [0.25, 0.3) is 0 Å². The lowest BCUT2D eigenvalue weighted by atomic mass is 10.0. The second-order valence-electron chi connectivity index (χ2n) is 5.49. The summed E-state index contributed by atoms with van der Waals surface area (Å²) in [6.45, 7) is 3.61. The third-order valence-corrected chi connectivity index (χ3v) is 6.93. The van der Waals surface area contributed by atoms with Gasteiger partial charge >= 0.3 is 0 Å². The second kappa shape index (κ2) is 8.15. The van der Waals surface area contributed by atoms with Crippen molar-refractivity contribution in [1.29, 1.82) is 0 Å². The Hall–Kier alpha value is -1.35. The normalized spacial score (nSPS) is 13.0. The highest BCUT2D eigenvalue weighted by Gasteiger charge is 2.28. The van der Waals surface area contributed by atoms with Gasteiger partial charge in [0.25, 0.3) is 10.0 Å². The summed E-state index contributed by atoms with van der Waals surface area (Å²) < 4.78 is 27.4. The molecule has 1 aromatic heterocycles. The fraction of sp³-hybridized carbons (Fsp3) is 0.312. The van der Waals surface area contributed by atoms with Gasteiger partial charge in [0, 0.05) is 10.6 Å². The van der Waals surface area contributed by atoms with Gasteiger partial charge in [0.2, 0.25) is 5.91 Å². The zero-order chi connectivity index (χ0) is 17.7. The number of carbonyl (C=O) groups excluding carboxylic acids is 1. The summed E-state index contributed by atoms with van der Waals surface area (Å²) in [5.41, 5.74) is 0.638. The van der Waals surface area contributed by atoms with E-state index in [4.69, 9.17) is 0 Å². The molecule has 2 aromatic rings. The molecule has 1 heterocycles. The van der Waals surface area contributed by atoms with Gasteiger partial charge in [-0.15, -0.1) is 23.1 Å². The summed E-state index contributed by atoms with van der Waals surface area (Å²) in [6.07, 6.45) is 1.97. The maximum atomic E-state index is 12.5. The molecule has 24 heavy (non-hydrogen) atoms. The molecule has 0 fully saturated rings. The van der Waals surface area contributed by atoms with Crippen LogP contribution in [0, 0.1) is 5.92 Å². The summed E-state index contributed by atoms with van der Waals surface area (Å²) in [7, 11) is -3.70. The molecule has 0 aliphatic carbocycles. The largest absolute Gasteiger partial charge is 0.325 e. The van der Waals surface area contributed by atoms with Crippen LogP contribution in [-0.4, -0.2) is 26.6 Å². The van der Waals surface area contributed by atoms with Gasteiger partial charge in [-0.3, -0.25) is 4.79 Å². The lowest BCUT2D eigenvalue weighted by molar-refractivity contribution is -0.118. The Morgan fingerprint density at radius 3 is 2.33 bits per heavy atom. The summed E-state index contributed by atoms with van der Waals surface area (Å²) in [6, 6.07) is 9.74. The number of rotatable bonds is 7. The summed E-state index contributed by atoms with van der Waals surface area (Å²) in [5, 5.41) is 4.46. The van der Waals surface area contributed by atoms with Gasteiger partial charge in [-0.05, 0) is 47.9 Å². The van der Waals surface area contributed by atoms with E-state index in [1.165, 1.54) is 6.07 Å². The molecule has 0 unspecified atom stereocenters. The van der Waals surface area contributed by atoms with Gasteiger partial charge in [-0.1, -0.05) is 19.9 Å². The minimum atomic E-state index is -3.70. The molecule has 130 valence electrons. The van der Waals surface area contributed by atoms with E-state index in [-0.39, 0.29) is 16.0 Å². The lowest BCUT2D eigenvalue weighted by Crippen LogP contribution is -2.46. The van der Waals surface area contributed by atoms with E-state index >= 15 is 0 Å². The van der Waals surface area contributed by atoms with E-state index in [1.54, 1.807) is 49.2 Å². The number of benzene rings is 1. The molecule has 2 rings (SSSR count). The maximum absolute atomic E-state index is 12.5. The van der Waals surface area contributed by atoms with Crippen molar-refractivity contribution >= 4 is 44.7 Å². The molecule has 0 spiro atoms. The third kappa shape index (κ3) is 4.83. The Balaban J connectivity index is 2.13. The van der Waals surface area contributed by atoms with Crippen LogP contribution in [0.4, 0.5) is 5.69 Å². The van der Waals surface area contributed by atoms with E-state index in [0.717, 1.165) is 16.2 Å². The van der Waals surface area contributed by atoms with Crippen molar-refractivity contribution in [2.45, 2.75) is 29.0 Å². The average molecular weight is 385 g/mol. The minimum absolute atomic E-state index is 0.190. The number of hydrogen-bond acceptors (Lipinski definition) is 5. The van der Waals surface area contributed by atoms with Crippen LogP contribution in [0.5, 0.6) is 0 Å². The Morgan fingerprint density at radius 2 is 1.83 bits per heavy atom. The molecule has 1 aromatic carbocycles. The van der Waals surface area contributed by atoms with Crippen molar-refractivity contribution in [2.75, 3.05) is 11.6 Å². The molecular formula is C16H20N2O3S3. The number of amides is 1. The van der Waals surface area contributed by atoms with E-state index in [9.17, 15) is 13.2 Å². The Kier molecular flexibility index (Phi) is 6.45. The van der Waals surface area contributed by atoms with Gasteiger partial charge in [-0.2, -0.15) is 4.72 Å². The SMILES string of the molecule is CSc1ccc(NC(=O)[C@H](NS(=O)(=O)c2cccs2)C(C)C)cc1. The fourth-order valence-electron chi connectivity index (χ4n) is 2.03. The Morgan fingerprint density at radius 1 is 1.17 bits per heavy atom. The van der Waals surface area contributed by atoms with E-state index < -0.39 is 16.1 Å². The zero-order valence-electron chi connectivity index (χ0n) is 13.6. The zero-order valence-corrected chi connectivity index (χ0v) is 16.1. The molecular weight excluding hydrogens is 364 g/mol. The van der Waals surface area contributed by atoms with Crippen molar-refractivity contribution in [1.82, 2.24) is 4.72 Å². The van der Waals surface area contributed by atoms with Crippen LogP contribution in [0.3, 0.4) is 0 Å². The number of anilines is 1. The van der Waals surface area contributed by atoms with E-state index in [0.29, 0.717) is 5.69 Å². The minimum Gasteiger partial charge on any atom is -0.325 e. The van der Waals surface area contributed by atoms with Crippen LogP contribution in [0.15, 0.2) is 50.9 Å². The molecule has 8 heteroatoms. The lowest BCUT2D eigenvalue weighted by Gasteiger charge is -2.21. The second-order valence-corrected chi connectivity index (χ2v) is 9.26. The predicted octanol–water partition coefficient (Wildman–Crippen LogP) is 3.41. The van der Waals surface area contributed by atoms with Gasteiger partial charge < -0.3 is 5.32 Å². The summed E-state index contributed by atoms with van der Waals surface area (Å²) in [4.78, 5) is 13.6. The number of nitrogens with one attached hydrogen (secondary N) is 2. The highest BCUT2D eigenvalue weighted by atomic mass is 32.2. The topological polar surface area (TPSA) is 75.3 Å². The van der Waals surface area contributed by atoms with Gasteiger partial charge in [0.1, 0.15) is 10.3 Å². The Bertz CT molecular complexity index is 769. The van der Waals surface area contributed by atoms with Crippen LogP contribution in [-0.2, 0) is 14.8 Å². The van der Waals surface area contributed by atoms with Gasteiger partial charge in [-0.25, -0.2) is 8.42 Å². The molecule has 5 nitrogen and oxygen atoms in total. The molecule has 1 amide bonds. The number of thiophene rings is 1. The number of hydrogen-bond donors (Lipinski definition) is 2. The summed E-state index contributed by atoms with van der Waals surface area (Å²) in [5.74, 6) is -0.563. The predicted molar refractivity (Wildman–Crippen MR) is 100 cm³/mol. The van der Waals surface area contributed by atoms with Crippen LogP contribution < -0.4 is 10.0 Å². The number of sulfonamides is 1. The first kappa shape index (κ1) is 19.0. The monoisotopic (exact) mass is 384 g/mol. The third-order valence-electron chi connectivity index (χ3n) is 3.35.